The summed E-state index contributed by atoms with van der Waals surface area (Å²) in [5.74, 6) is 0.611. The van der Waals surface area contributed by atoms with E-state index in [1.807, 2.05) is 18.2 Å². The molecule has 0 aliphatic rings. The molecule has 4 nitrogen and oxygen atoms in total. The molecule has 0 atom stereocenters. The molecule has 0 bridgehead atoms. The number of hydrogen-bond acceptors (Lipinski definition) is 3. The summed E-state index contributed by atoms with van der Waals surface area (Å²) >= 11 is 0. The van der Waals surface area contributed by atoms with Crippen LogP contribution in [0.15, 0.2) is 65.5 Å². The van der Waals surface area contributed by atoms with Crippen molar-refractivity contribution in [3.63, 3.8) is 0 Å². The minimum Gasteiger partial charge on any atom is -0.496 e. The van der Waals surface area contributed by atoms with Crippen molar-refractivity contribution in [2.24, 2.45) is 0 Å². The lowest BCUT2D eigenvalue weighted by atomic mass is 10.1. The lowest BCUT2D eigenvalue weighted by molar-refractivity contribution is -0.137. The van der Waals surface area contributed by atoms with E-state index in [1.54, 1.807) is 12.1 Å². The maximum atomic E-state index is 12.6. The molecule has 0 aliphatic heterocycles. The van der Waals surface area contributed by atoms with Gasteiger partial charge >= 0.3 is 6.18 Å². The van der Waals surface area contributed by atoms with Gasteiger partial charge in [-0.3, -0.25) is 4.79 Å². The van der Waals surface area contributed by atoms with Gasteiger partial charge in [0.1, 0.15) is 5.75 Å². The van der Waals surface area contributed by atoms with Crippen LogP contribution in [0.3, 0.4) is 0 Å². The van der Waals surface area contributed by atoms with Crippen molar-refractivity contribution in [1.82, 2.24) is 9.78 Å². The van der Waals surface area contributed by atoms with Crippen molar-refractivity contribution >= 4 is 0 Å². The van der Waals surface area contributed by atoms with Gasteiger partial charge in [0.2, 0.25) is 0 Å². The van der Waals surface area contributed by atoms with Crippen LogP contribution in [0.25, 0.3) is 11.3 Å². The topological polar surface area (TPSA) is 44.1 Å². The first-order chi connectivity index (χ1) is 12.4. The van der Waals surface area contributed by atoms with Crippen molar-refractivity contribution in [2.45, 2.75) is 12.7 Å². The summed E-state index contributed by atoms with van der Waals surface area (Å²) in [6.07, 6.45) is -4.39. The summed E-state index contributed by atoms with van der Waals surface area (Å²) in [6, 6.07) is 14.9. The molecule has 0 fully saturated rings. The third-order valence-electron chi connectivity index (χ3n) is 3.86. The summed E-state index contributed by atoms with van der Waals surface area (Å²) < 4.78 is 44.4. The van der Waals surface area contributed by atoms with Crippen LogP contribution in [0, 0.1) is 0 Å². The summed E-state index contributed by atoms with van der Waals surface area (Å²) in [4.78, 5) is 12.1. The highest BCUT2D eigenvalue weighted by atomic mass is 19.4. The SMILES string of the molecule is COc1ccccc1-c1ccc(=O)n(Cc2ccc(C(F)(F)F)cc2)n1. The molecule has 1 aromatic heterocycles. The Morgan fingerprint density at radius 2 is 1.69 bits per heavy atom. The number of benzene rings is 2. The standard InChI is InChI=1S/C19H15F3N2O2/c1-26-17-5-3-2-4-15(17)16-10-11-18(25)24(23-16)12-13-6-8-14(9-7-13)19(20,21)22/h2-11H,12H2,1H3. The van der Waals surface area contributed by atoms with E-state index in [0.29, 0.717) is 17.0 Å². The molecule has 0 spiro atoms. The molecule has 0 radical (unpaired) electrons. The van der Waals surface area contributed by atoms with Crippen LogP contribution in [0.5, 0.6) is 5.75 Å². The third-order valence-corrected chi connectivity index (χ3v) is 3.86. The fourth-order valence-corrected chi connectivity index (χ4v) is 2.53. The van der Waals surface area contributed by atoms with E-state index in [1.165, 1.54) is 30.0 Å². The molecule has 3 aromatic rings. The molecule has 26 heavy (non-hydrogen) atoms. The first kappa shape index (κ1) is 17.7. The molecule has 0 saturated heterocycles. The summed E-state index contributed by atoms with van der Waals surface area (Å²) in [5, 5.41) is 4.32. The quantitative estimate of drug-likeness (QED) is 0.707. The second-order valence-electron chi connectivity index (χ2n) is 5.61. The normalized spacial score (nSPS) is 11.4. The average molecular weight is 360 g/mol. The Labute approximate surface area is 147 Å². The van der Waals surface area contributed by atoms with Crippen molar-refractivity contribution in [3.8, 4) is 17.0 Å². The number of para-hydroxylation sites is 1. The molecule has 1 heterocycles. The monoisotopic (exact) mass is 360 g/mol. The Kier molecular flexibility index (Phi) is 4.79. The molecule has 0 N–H and O–H groups in total. The predicted molar refractivity (Wildman–Crippen MR) is 91.0 cm³/mol. The Bertz CT molecular complexity index is 964. The van der Waals surface area contributed by atoms with Crippen LogP contribution in [0.2, 0.25) is 0 Å². The molecule has 2 aromatic carbocycles. The lowest BCUT2D eigenvalue weighted by Gasteiger charge is -2.11. The number of alkyl halides is 3. The molecular weight excluding hydrogens is 345 g/mol. The van der Waals surface area contributed by atoms with Gasteiger partial charge < -0.3 is 4.74 Å². The van der Waals surface area contributed by atoms with Crippen LogP contribution < -0.4 is 10.3 Å². The average Bonchev–Trinajstić information content (AvgIpc) is 2.63. The number of ether oxygens (including phenoxy) is 1. The Hall–Kier alpha value is -3.09. The number of aromatic nitrogens is 2. The zero-order valence-electron chi connectivity index (χ0n) is 13.8. The Morgan fingerprint density at radius 3 is 2.35 bits per heavy atom. The molecule has 134 valence electrons. The maximum Gasteiger partial charge on any atom is 0.416 e. The van der Waals surface area contributed by atoms with E-state index < -0.39 is 11.7 Å². The van der Waals surface area contributed by atoms with Gasteiger partial charge in [-0.2, -0.15) is 18.3 Å². The molecule has 0 aliphatic carbocycles. The van der Waals surface area contributed by atoms with Crippen molar-refractivity contribution in [3.05, 3.63) is 82.1 Å². The molecule has 0 saturated carbocycles. The van der Waals surface area contributed by atoms with E-state index in [9.17, 15) is 18.0 Å². The van der Waals surface area contributed by atoms with Gasteiger partial charge in [-0.05, 0) is 35.9 Å². The molecule has 0 unspecified atom stereocenters. The first-order valence-electron chi connectivity index (χ1n) is 7.76. The number of hydrogen-bond donors (Lipinski definition) is 0. The van der Waals surface area contributed by atoms with Crippen LogP contribution in [0.4, 0.5) is 13.2 Å². The van der Waals surface area contributed by atoms with E-state index in [-0.39, 0.29) is 12.1 Å². The largest absolute Gasteiger partial charge is 0.496 e. The molecule has 7 heteroatoms. The second kappa shape index (κ2) is 7.03. The fourth-order valence-electron chi connectivity index (χ4n) is 2.53. The minimum atomic E-state index is -4.39. The van der Waals surface area contributed by atoms with Gasteiger partial charge in [0.05, 0.1) is 24.9 Å². The van der Waals surface area contributed by atoms with Crippen LogP contribution in [-0.2, 0) is 12.7 Å². The zero-order chi connectivity index (χ0) is 18.7. The lowest BCUT2D eigenvalue weighted by Crippen LogP contribution is -2.23. The van der Waals surface area contributed by atoms with E-state index in [0.717, 1.165) is 17.7 Å². The van der Waals surface area contributed by atoms with Crippen LogP contribution in [-0.4, -0.2) is 16.9 Å². The summed E-state index contributed by atoms with van der Waals surface area (Å²) in [7, 11) is 1.54. The van der Waals surface area contributed by atoms with E-state index in [2.05, 4.69) is 5.10 Å². The summed E-state index contributed by atoms with van der Waals surface area (Å²) in [6.45, 7) is 0.0694. The van der Waals surface area contributed by atoms with Gasteiger partial charge in [-0.25, -0.2) is 4.68 Å². The summed E-state index contributed by atoms with van der Waals surface area (Å²) in [5.41, 5.74) is 0.725. The highest BCUT2D eigenvalue weighted by molar-refractivity contribution is 5.66. The zero-order valence-corrected chi connectivity index (χ0v) is 13.8. The molecular formula is C19H15F3N2O2. The molecule has 0 amide bonds. The van der Waals surface area contributed by atoms with Crippen molar-refractivity contribution in [1.29, 1.82) is 0 Å². The third kappa shape index (κ3) is 3.77. The van der Waals surface area contributed by atoms with Crippen LogP contribution >= 0.6 is 0 Å². The van der Waals surface area contributed by atoms with Gasteiger partial charge in [0, 0.05) is 11.6 Å². The van der Waals surface area contributed by atoms with E-state index >= 15 is 0 Å². The Balaban J connectivity index is 1.93. The smallest absolute Gasteiger partial charge is 0.416 e. The molecule has 3 rings (SSSR count). The van der Waals surface area contributed by atoms with E-state index in [4.69, 9.17) is 4.74 Å². The van der Waals surface area contributed by atoms with Gasteiger partial charge in [-0.15, -0.1) is 0 Å². The number of nitrogens with zero attached hydrogens (tertiary/aromatic N) is 2. The number of halogens is 3. The van der Waals surface area contributed by atoms with Gasteiger partial charge in [-0.1, -0.05) is 24.3 Å². The van der Waals surface area contributed by atoms with Crippen LogP contribution in [0.1, 0.15) is 11.1 Å². The fraction of sp³-hybridized carbons (Fsp3) is 0.158. The maximum absolute atomic E-state index is 12.6. The van der Waals surface area contributed by atoms with Gasteiger partial charge in [0.25, 0.3) is 5.56 Å². The first-order valence-corrected chi connectivity index (χ1v) is 7.76. The second-order valence-corrected chi connectivity index (χ2v) is 5.61. The van der Waals surface area contributed by atoms with Crippen molar-refractivity contribution in [2.75, 3.05) is 7.11 Å². The predicted octanol–water partition coefficient (Wildman–Crippen LogP) is 3.99. The number of rotatable bonds is 4. The highest BCUT2D eigenvalue weighted by Crippen LogP contribution is 2.29. The minimum absolute atomic E-state index is 0.0694. The van der Waals surface area contributed by atoms with Crippen molar-refractivity contribution < 1.29 is 17.9 Å². The Morgan fingerprint density at radius 1 is 1.00 bits per heavy atom. The van der Waals surface area contributed by atoms with Gasteiger partial charge in [0.15, 0.2) is 0 Å². The highest BCUT2D eigenvalue weighted by Gasteiger charge is 2.29. The number of methoxy groups -OCH3 is 1.